The van der Waals surface area contributed by atoms with Crippen molar-refractivity contribution >= 4 is 35.8 Å². The van der Waals surface area contributed by atoms with Gasteiger partial charge >= 0.3 is 0 Å². The van der Waals surface area contributed by atoms with Crippen LogP contribution in [0.4, 0.5) is 0 Å². The number of nitrogens with one attached hydrogen (secondary N) is 1. The molecular weight excluding hydrogens is 415 g/mol. The van der Waals surface area contributed by atoms with Crippen LogP contribution in [0.5, 0.6) is 0 Å². The Balaban J connectivity index is 0.00000208. The third-order valence-electron chi connectivity index (χ3n) is 5.97. The van der Waals surface area contributed by atoms with Gasteiger partial charge in [-0.05, 0) is 43.9 Å². The minimum atomic E-state index is 0. The van der Waals surface area contributed by atoms with Gasteiger partial charge in [0.2, 0.25) is 5.91 Å². The van der Waals surface area contributed by atoms with Gasteiger partial charge in [0.15, 0.2) is 5.96 Å². The molecule has 1 amide bonds. The zero-order valence-electron chi connectivity index (χ0n) is 15.1. The van der Waals surface area contributed by atoms with E-state index in [9.17, 15) is 4.79 Å². The minimum absolute atomic E-state index is 0. The molecule has 2 saturated heterocycles. The number of rotatable bonds is 2. The highest BCUT2D eigenvalue weighted by Crippen LogP contribution is 2.43. The van der Waals surface area contributed by atoms with Crippen molar-refractivity contribution in [1.82, 2.24) is 15.1 Å². The van der Waals surface area contributed by atoms with Crippen LogP contribution in [0.3, 0.4) is 0 Å². The van der Waals surface area contributed by atoms with E-state index in [4.69, 9.17) is 0 Å². The lowest BCUT2D eigenvalue weighted by Crippen LogP contribution is -2.47. The summed E-state index contributed by atoms with van der Waals surface area (Å²) in [6, 6.07) is 0. The Bertz CT molecular complexity index is 442. The number of likely N-dealkylation sites (tertiary alicyclic amines) is 2. The first kappa shape index (κ1) is 19.8. The molecule has 1 N–H and O–H groups in total. The molecule has 24 heavy (non-hydrogen) atoms. The summed E-state index contributed by atoms with van der Waals surface area (Å²) in [6.07, 6.45) is 11.7. The topological polar surface area (TPSA) is 47.9 Å². The quantitative estimate of drug-likeness (QED) is 0.402. The smallest absolute Gasteiger partial charge is 0.241 e. The lowest BCUT2D eigenvalue weighted by Gasteiger charge is -2.33. The molecule has 0 unspecified atom stereocenters. The van der Waals surface area contributed by atoms with Gasteiger partial charge in [0.05, 0.1) is 6.54 Å². The molecule has 0 radical (unpaired) electrons. The van der Waals surface area contributed by atoms with Crippen LogP contribution in [-0.2, 0) is 4.79 Å². The molecule has 1 saturated carbocycles. The Morgan fingerprint density at radius 3 is 2.29 bits per heavy atom. The monoisotopic (exact) mass is 448 g/mol. The highest BCUT2D eigenvalue weighted by Gasteiger charge is 2.39. The summed E-state index contributed by atoms with van der Waals surface area (Å²) < 4.78 is 0. The molecule has 1 spiro atoms. The Morgan fingerprint density at radius 1 is 0.958 bits per heavy atom. The van der Waals surface area contributed by atoms with E-state index in [1.165, 1.54) is 44.9 Å². The first-order valence-electron chi connectivity index (χ1n) is 9.46. The summed E-state index contributed by atoms with van der Waals surface area (Å²) in [7, 11) is 1.83. The van der Waals surface area contributed by atoms with Crippen molar-refractivity contribution in [3.05, 3.63) is 0 Å². The summed E-state index contributed by atoms with van der Waals surface area (Å²) in [5, 5.41) is 3.32. The van der Waals surface area contributed by atoms with Crippen LogP contribution in [-0.4, -0.2) is 61.4 Å². The zero-order valence-corrected chi connectivity index (χ0v) is 17.4. The van der Waals surface area contributed by atoms with Gasteiger partial charge in [0, 0.05) is 33.2 Å². The zero-order chi connectivity index (χ0) is 16.1. The molecule has 138 valence electrons. The van der Waals surface area contributed by atoms with Gasteiger partial charge in [0.1, 0.15) is 0 Å². The van der Waals surface area contributed by atoms with Gasteiger partial charge in [-0.1, -0.05) is 19.3 Å². The van der Waals surface area contributed by atoms with Crippen molar-refractivity contribution in [2.45, 2.75) is 57.8 Å². The molecule has 0 aromatic heterocycles. The average molecular weight is 448 g/mol. The molecule has 3 rings (SSSR count). The molecule has 0 atom stereocenters. The second-order valence-electron chi connectivity index (χ2n) is 7.57. The minimum Gasteiger partial charge on any atom is -0.347 e. The van der Waals surface area contributed by atoms with Crippen LogP contribution in [0, 0.1) is 5.41 Å². The Labute approximate surface area is 163 Å². The lowest BCUT2D eigenvalue weighted by atomic mass is 9.73. The van der Waals surface area contributed by atoms with Crippen LogP contribution in [0.2, 0.25) is 0 Å². The number of guanidine groups is 1. The summed E-state index contributed by atoms with van der Waals surface area (Å²) >= 11 is 0. The van der Waals surface area contributed by atoms with Gasteiger partial charge in [-0.3, -0.25) is 9.79 Å². The largest absolute Gasteiger partial charge is 0.347 e. The van der Waals surface area contributed by atoms with E-state index in [1.54, 1.807) is 0 Å². The van der Waals surface area contributed by atoms with E-state index in [1.807, 2.05) is 11.9 Å². The fraction of sp³-hybridized carbons (Fsp3) is 0.889. The summed E-state index contributed by atoms with van der Waals surface area (Å²) in [5.74, 6) is 1.13. The van der Waals surface area contributed by atoms with Gasteiger partial charge in [-0.2, -0.15) is 0 Å². The Hall–Kier alpha value is -0.530. The van der Waals surface area contributed by atoms with E-state index in [-0.39, 0.29) is 29.9 Å². The number of carbonyl (C=O) groups is 1. The van der Waals surface area contributed by atoms with E-state index in [2.05, 4.69) is 15.2 Å². The number of carbonyl (C=O) groups excluding carboxylic acids is 1. The molecule has 2 aliphatic heterocycles. The highest BCUT2D eigenvalue weighted by molar-refractivity contribution is 14.0. The van der Waals surface area contributed by atoms with Crippen molar-refractivity contribution < 1.29 is 4.79 Å². The predicted octanol–water partition coefficient (Wildman–Crippen LogP) is 2.85. The van der Waals surface area contributed by atoms with E-state index in [0.717, 1.165) is 45.0 Å². The molecule has 3 aliphatic rings. The van der Waals surface area contributed by atoms with Gasteiger partial charge in [-0.15, -0.1) is 24.0 Å². The number of hydrogen-bond donors (Lipinski definition) is 1. The number of piperidine rings is 1. The second kappa shape index (κ2) is 9.25. The molecule has 1 aliphatic carbocycles. The van der Waals surface area contributed by atoms with Crippen LogP contribution in [0.15, 0.2) is 4.99 Å². The first-order valence-corrected chi connectivity index (χ1v) is 9.46. The Kier molecular flexibility index (Phi) is 7.62. The van der Waals surface area contributed by atoms with E-state index < -0.39 is 0 Å². The fourth-order valence-electron chi connectivity index (χ4n) is 4.57. The third kappa shape index (κ3) is 4.76. The summed E-state index contributed by atoms with van der Waals surface area (Å²) in [5.41, 5.74) is 0.521. The standard InChI is InChI=1S/C18H32N4O.HI/c1-19-17(20-14-16(23)21-11-6-3-7-12-21)22-13-10-18(15-22)8-4-2-5-9-18;/h2-15H2,1H3,(H,19,20);1H. The normalized spacial score (nSPS) is 24.0. The number of aliphatic imine (C=N–C) groups is 1. The molecule has 0 bridgehead atoms. The number of nitrogens with zero attached hydrogens (tertiary/aromatic N) is 3. The molecule has 5 nitrogen and oxygen atoms in total. The van der Waals surface area contributed by atoms with Crippen LogP contribution in [0.1, 0.15) is 57.8 Å². The summed E-state index contributed by atoms with van der Waals surface area (Å²) in [6.45, 7) is 4.43. The third-order valence-corrected chi connectivity index (χ3v) is 5.97. The van der Waals surface area contributed by atoms with Gasteiger partial charge in [0.25, 0.3) is 0 Å². The van der Waals surface area contributed by atoms with Crippen LogP contribution >= 0.6 is 24.0 Å². The first-order chi connectivity index (χ1) is 11.2. The van der Waals surface area contributed by atoms with Gasteiger partial charge < -0.3 is 15.1 Å². The van der Waals surface area contributed by atoms with Crippen molar-refractivity contribution in [3.63, 3.8) is 0 Å². The number of amides is 1. The highest BCUT2D eigenvalue weighted by atomic mass is 127. The average Bonchev–Trinajstić information content (AvgIpc) is 3.00. The van der Waals surface area contributed by atoms with Crippen LogP contribution < -0.4 is 5.32 Å². The van der Waals surface area contributed by atoms with Crippen molar-refractivity contribution in [1.29, 1.82) is 0 Å². The molecule has 3 fully saturated rings. The van der Waals surface area contributed by atoms with Gasteiger partial charge in [-0.25, -0.2) is 0 Å². The van der Waals surface area contributed by atoms with Crippen molar-refractivity contribution in [2.24, 2.45) is 10.4 Å². The fourth-order valence-corrected chi connectivity index (χ4v) is 4.57. The summed E-state index contributed by atoms with van der Waals surface area (Å²) in [4.78, 5) is 21.1. The second-order valence-corrected chi connectivity index (χ2v) is 7.57. The number of hydrogen-bond acceptors (Lipinski definition) is 2. The van der Waals surface area contributed by atoms with Crippen LogP contribution in [0.25, 0.3) is 0 Å². The van der Waals surface area contributed by atoms with Crippen molar-refractivity contribution in [3.8, 4) is 0 Å². The number of halogens is 1. The molecule has 2 heterocycles. The Morgan fingerprint density at radius 2 is 1.62 bits per heavy atom. The maximum Gasteiger partial charge on any atom is 0.241 e. The lowest BCUT2D eigenvalue weighted by molar-refractivity contribution is -0.130. The molecule has 0 aromatic carbocycles. The molecule has 6 heteroatoms. The molecule has 0 aromatic rings. The van der Waals surface area contributed by atoms with E-state index >= 15 is 0 Å². The SMILES string of the molecule is CN=C(NCC(=O)N1CCCCC1)N1CCC2(CCCCC2)C1.I. The maximum atomic E-state index is 12.3. The van der Waals surface area contributed by atoms with Crippen molar-refractivity contribution in [2.75, 3.05) is 39.8 Å². The molecular formula is C18H33IN4O. The predicted molar refractivity (Wildman–Crippen MR) is 109 cm³/mol. The van der Waals surface area contributed by atoms with E-state index in [0.29, 0.717) is 12.0 Å². The maximum absolute atomic E-state index is 12.3.